The number of hydrogen-bond acceptors (Lipinski definition) is 5. The lowest BCUT2D eigenvalue weighted by Gasteiger charge is -2.26. The van der Waals surface area contributed by atoms with Gasteiger partial charge in [-0.1, -0.05) is 48.2 Å². The summed E-state index contributed by atoms with van der Waals surface area (Å²) in [5, 5.41) is 6.10. The predicted molar refractivity (Wildman–Crippen MR) is 119 cm³/mol. The Morgan fingerprint density at radius 1 is 1.10 bits per heavy atom. The van der Waals surface area contributed by atoms with E-state index < -0.39 is 6.09 Å². The number of thioether (sulfide) groups is 1. The second kappa shape index (κ2) is 11.7. The maximum absolute atomic E-state index is 12.2. The summed E-state index contributed by atoms with van der Waals surface area (Å²) in [5.41, 5.74) is 3.20. The molecule has 2 N–H and O–H groups in total. The van der Waals surface area contributed by atoms with E-state index in [9.17, 15) is 9.59 Å². The van der Waals surface area contributed by atoms with Gasteiger partial charge in [0.1, 0.15) is 5.75 Å². The van der Waals surface area contributed by atoms with Gasteiger partial charge in [-0.25, -0.2) is 4.79 Å². The third kappa shape index (κ3) is 7.27. The Hall–Kier alpha value is -2.22. The fourth-order valence-electron chi connectivity index (χ4n) is 2.86. The van der Waals surface area contributed by atoms with Crippen LogP contribution in [0.5, 0.6) is 5.75 Å². The van der Waals surface area contributed by atoms with E-state index in [4.69, 9.17) is 4.74 Å². The van der Waals surface area contributed by atoms with Crippen molar-refractivity contribution < 1.29 is 14.3 Å². The molecule has 0 saturated carbocycles. The van der Waals surface area contributed by atoms with Gasteiger partial charge in [0.05, 0.1) is 0 Å². The lowest BCUT2D eigenvalue weighted by atomic mass is 10.1. The largest absolute Gasteiger partial charge is 0.412 e. The zero-order chi connectivity index (χ0) is 19.8. The summed E-state index contributed by atoms with van der Waals surface area (Å²) in [6.45, 7) is 5.65. The lowest BCUT2D eigenvalue weighted by molar-refractivity contribution is 0.200. The molecule has 156 valence electrons. The smallest absolute Gasteiger partial charge is 0.410 e. The Bertz CT molecular complexity index is 811. The highest BCUT2D eigenvalue weighted by Crippen LogP contribution is 2.19. The third-order valence-corrected chi connectivity index (χ3v) is 5.54. The first-order valence-electron chi connectivity index (χ1n) is 9.33. The maximum atomic E-state index is 12.2. The number of hydrogen-bond donors (Lipinski definition) is 2. The quantitative estimate of drug-likeness (QED) is 0.743. The molecule has 0 radical (unpaired) electrons. The highest BCUT2D eigenvalue weighted by Gasteiger charge is 2.16. The minimum Gasteiger partial charge on any atom is -0.410 e. The van der Waals surface area contributed by atoms with E-state index in [2.05, 4.69) is 10.6 Å². The summed E-state index contributed by atoms with van der Waals surface area (Å²) in [4.78, 5) is 26.0. The number of carbonyl (C=O) groups is 2. The number of aryl methyl sites for hydroxylation is 1. The molecule has 6 nitrogen and oxygen atoms in total. The molecule has 0 spiro atoms. The molecular formula is C21H26ClN3O3S. The standard InChI is InChI=1S/C21H25N3O3S.ClH/c1-16-4-2-3-5-18(16)14-23-20(25)27-19-8-6-17(7-9-19)15-28-21(26)24-12-10-22-11-13-24;/h2-9,22H,10-15H2,1H3,(H,23,25);1H. The van der Waals surface area contributed by atoms with Gasteiger partial charge in [-0.15, -0.1) is 12.4 Å². The van der Waals surface area contributed by atoms with E-state index in [1.165, 1.54) is 11.8 Å². The monoisotopic (exact) mass is 435 g/mol. The van der Waals surface area contributed by atoms with Crippen molar-refractivity contribution >= 4 is 35.5 Å². The number of carbonyl (C=O) groups excluding carboxylic acids is 2. The van der Waals surface area contributed by atoms with Gasteiger partial charge in [0.15, 0.2) is 0 Å². The van der Waals surface area contributed by atoms with Crippen LogP contribution in [0.25, 0.3) is 0 Å². The van der Waals surface area contributed by atoms with Gasteiger partial charge in [0, 0.05) is 38.5 Å². The fraction of sp³-hybridized carbons (Fsp3) is 0.333. The Kier molecular flexibility index (Phi) is 9.31. The van der Waals surface area contributed by atoms with Crippen molar-refractivity contribution in [3.8, 4) is 5.75 Å². The van der Waals surface area contributed by atoms with Gasteiger partial charge in [-0.3, -0.25) is 4.79 Å². The molecule has 0 aromatic heterocycles. The van der Waals surface area contributed by atoms with Crippen LogP contribution in [-0.2, 0) is 12.3 Å². The molecule has 1 aliphatic heterocycles. The summed E-state index contributed by atoms with van der Waals surface area (Å²) in [6.07, 6.45) is -0.487. The molecule has 2 amide bonds. The molecule has 0 atom stereocenters. The topological polar surface area (TPSA) is 70.7 Å². The molecule has 3 rings (SSSR count). The van der Waals surface area contributed by atoms with Crippen LogP contribution in [0.15, 0.2) is 48.5 Å². The van der Waals surface area contributed by atoms with Gasteiger partial charge >= 0.3 is 6.09 Å². The Morgan fingerprint density at radius 3 is 2.48 bits per heavy atom. The molecule has 0 unspecified atom stereocenters. The molecule has 2 aromatic rings. The van der Waals surface area contributed by atoms with Crippen LogP contribution in [0.4, 0.5) is 9.59 Å². The van der Waals surface area contributed by atoms with E-state index in [0.717, 1.165) is 42.9 Å². The van der Waals surface area contributed by atoms with Crippen LogP contribution < -0.4 is 15.4 Å². The van der Waals surface area contributed by atoms with Gasteiger partial charge in [-0.05, 0) is 35.7 Å². The van der Waals surface area contributed by atoms with Crippen LogP contribution in [0.3, 0.4) is 0 Å². The van der Waals surface area contributed by atoms with E-state index >= 15 is 0 Å². The van der Waals surface area contributed by atoms with Crippen LogP contribution in [0, 0.1) is 6.92 Å². The van der Waals surface area contributed by atoms with E-state index in [-0.39, 0.29) is 17.6 Å². The highest BCUT2D eigenvalue weighted by molar-refractivity contribution is 8.12. The lowest BCUT2D eigenvalue weighted by Crippen LogP contribution is -2.45. The normalized spacial score (nSPS) is 13.3. The van der Waals surface area contributed by atoms with Crippen molar-refractivity contribution in [2.24, 2.45) is 0 Å². The number of amides is 2. The molecule has 0 bridgehead atoms. The first-order chi connectivity index (χ1) is 13.6. The van der Waals surface area contributed by atoms with Gasteiger partial charge in [0.2, 0.25) is 0 Å². The first kappa shape index (κ1) is 23.1. The summed E-state index contributed by atoms with van der Waals surface area (Å²) in [7, 11) is 0. The first-order valence-corrected chi connectivity index (χ1v) is 10.3. The van der Waals surface area contributed by atoms with Crippen molar-refractivity contribution in [3.63, 3.8) is 0 Å². The summed E-state index contributed by atoms with van der Waals surface area (Å²) >= 11 is 1.30. The number of ether oxygens (including phenoxy) is 1. The number of rotatable bonds is 5. The minimum absolute atomic E-state index is 0. The van der Waals surface area contributed by atoms with Crippen LogP contribution in [0.1, 0.15) is 16.7 Å². The van der Waals surface area contributed by atoms with Gasteiger partial charge < -0.3 is 20.3 Å². The summed E-state index contributed by atoms with van der Waals surface area (Å²) in [5.74, 6) is 1.08. The number of piperazine rings is 1. The average Bonchev–Trinajstić information content (AvgIpc) is 2.73. The Balaban J connectivity index is 0.00000300. The van der Waals surface area contributed by atoms with Crippen LogP contribution in [-0.4, -0.2) is 42.4 Å². The molecule has 29 heavy (non-hydrogen) atoms. The van der Waals surface area contributed by atoms with Gasteiger partial charge in [0.25, 0.3) is 5.24 Å². The van der Waals surface area contributed by atoms with Crippen molar-refractivity contribution in [1.82, 2.24) is 15.5 Å². The van der Waals surface area contributed by atoms with E-state index in [0.29, 0.717) is 18.0 Å². The third-order valence-electron chi connectivity index (χ3n) is 4.56. The molecule has 1 heterocycles. The van der Waals surface area contributed by atoms with Gasteiger partial charge in [-0.2, -0.15) is 0 Å². The van der Waals surface area contributed by atoms with Crippen molar-refractivity contribution in [1.29, 1.82) is 0 Å². The fourth-order valence-corrected chi connectivity index (χ4v) is 3.70. The number of nitrogens with zero attached hydrogens (tertiary/aromatic N) is 1. The zero-order valence-corrected chi connectivity index (χ0v) is 18.0. The van der Waals surface area contributed by atoms with Crippen molar-refractivity contribution in [3.05, 3.63) is 65.2 Å². The molecule has 1 fully saturated rings. The maximum Gasteiger partial charge on any atom is 0.412 e. The van der Waals surface area contributed by atoms with Crippen molar-refractivity contribution in [2.45, 2.75) is 19.2 Å². The van der Waals surface area contributed by atoms with Crippen LogP contribution in [0.2, 0.25) is 0 Å². The van der Waals surface area contributed by atoms with E-state index in [1.54, 1.807) is 12.1 Å². The molecule has 8 heteroatoms. The average molecular weight is 436 g/mol. The molecule has 1 saturated heterocycles. The van der Waals surface area contributed by atoms with E-state index in [1.807, 2.05) is 48.2 Å². The second-order valence-corrected chi connectivity index (χ2v) is 7.53. The summed E-state index contributed by atoms with van der Waals surface area (Å²) < 4.78 is 5.31. The van der Waals surface area contributed by atoms with Crippen molar-refractivity contribution in [2.75, 3.05) is 26.2 Å². The Morgan fingerprint density at radius 2 is 1.79 bits per heavy atom. The molecular weight excluding hydrogens is 410 g/mol. The SMILES string of the molecule is Cc1ccccc1CNC(=O)Oc1ccc(CSC(=O)N2CCNCC2)cc1.Cl. The Labute approximate surface area is 181 Å². The highest BCUT2D eigenvalue weighted by atomic mass is 35.5. The molecule has 0 aliphatic carbocycles. The second-order valence-electron chi connectivity index (χ2n) is 6.61. The summed E-state index contributed by atoms with van der Waals surface area (Å²) in [6, 6.07) is 15.1. The predicted octanol–water partition coefficient (Wildman–Crippen LogP) is 3.96. The molecule has 1 aliphatic rings. The number of nitrogens with one attached hydrogen (secondary N) is 2. The number of halogens is 1. The molecule has 2 aromatic carbocycles. The zero-order valence-electron chi connectivity index (χ0n) is 16.3. The number of benzene rings is 2. The van der Waals surface area contributed by atoms with Crippen LogP contribution >= 0.6 is 24.2 Å². The minimum atomic E-state index is -0.487.